The summed E-state index contributed by atoms with van der Waals surface area (Å²) in [5.74, 6) is 0. The summed E-state index contributed by atoms with van der Waals surface area (Å²) >= 11 is 0. The van der Waals surface area contributed by atoms with Gasteiger partial charge < -0.3 is 9.84 Å². The van der Waals surface area contributed by atoms with Crippen LogP contribution in [0.25, 0.3) is 0 Å². The second kappa shape index (κ2) is 9.69. The van der Waals surface area contributed by atoms with Crippen molar-refractivity contribution >= 4 is 12.6 Å². The molecular weight excluding hydrogens is 345 g/mol. The lowest BCUT2D eigenvalue weighted by Crippen LogP contribution is -2.32. The van der Waals surface area contributed by atoms with Gasteiger partial charge in [0, 0.05) is 19.5 Å². The quantitative estimate of drug-likeness (QED) is 0.737. The minimum absolute atomic E-state index is 0.166. The van der Waals surface area contributed by atoms with Crippen LogP contribution in [0.3, 0.4) is 0 Å². The van der Waals surface area contributed by atoms with Gasteiger partial charge in [-0.1, -0.05) is 0 Å². The Hall–Kier alpha value is -2.53. The van der Waals surface area contributed by atoms with Gasteiger partial charge >= 0.3 is 6.18 Å². The third kappa shape index (κ3) is 7.27. The number of halogens is 3. The zero-order valence-electron chi connectivity index (χ0n) is 13.3. The Morgan fingerprint density at radius 2 is 1.68 bits per heavy atom. The molecule has 11 heteroatoms. The summed E-state index contributed by atoms with van der Waals surface area (Å²) in [6, 6.07) is 0. The Balaban J connectivity index is 0.000000257. The maximum absolute atomic E-state index is 11.9. The van der Waals surface area contributed by atoms with E-state index in [1.807, 2.05) is 0 Å². The van der Waals surface area contributed by atoms with Crippen LogP contribution >= 0.6 is 0 Å². The fourth-order valence-corrected chi connectivity index (χ4v) is 1.57. The fourth-order valence-electron chi connectivity index (χ4n) is 1.57. The van der Waals surface area contributed by atoms with E-state index in [0.29, 0.717) is 25.0 Å². The van der Waals surface area contributed by atoms with Crippen LogP contribution in [0.4, 0.5) is 13.2 Å². The van der Waals surface area contributed by atoms with Crippen LogP contribution in [-0.2, 0) is 17.8 Å². The second-order valence-corrected chi connectivity index (χ2v) is 4.82. The molecule has 0 saturated heterocycles. The molecular formula is C14H17F3N4O4. The maximum atomic E-state index is 11.9. The van der Waals surface area contributed by atoms with Crippen LogP contribution in [0.5, 0.6) is 0 Å². The Bertz CT molecular complexity index is 669. The van der Waals surface area contributed by atoms with Crippen molar-refractivity contribution in [3.05, 3.63) is 35.9 Å². The molecule has 2 rings (SSSR count). The van der Waals surface area contributed by atoms with E-state index in [1.54, 1.807) is 18.0 Å². The Kier molecular flexibility index (Phi) is 7.95. The van der Waals surface area contributed by atoms with Gasteiger partial charge in [-0.25, -0.2) is 0 Å². The zero-order chi connectivity index (χ0) is 18.9. The van der Waals surface area contributed by atoms with E-state index in [9.17, 15) is 22.8 Å². The van der Waals surface area contributed by atoms with Crippen LogP contribution in [0.2, 0.25) is 0 Å². The molecule has 1 N–H and O–H groups in total. The van der Waals surface area contributed by atoms with Crippen molar-refractivity contribution in [2.24, 2.45) is 0 Å². The SMILES string of the molecule is COCCn1cc(C=O)cn1.O=Cc1cnn(CC(O)C(F)(F)F)c1. The number of methoxy groups -OCH3 is 1. The summed E-state index contributed by atoms with van der Waals surface area (Å²) < 4.78 is 43.0. The summed E-state index contributed by atoms with van der Waals surface area (Å²) in [6.07, 6.45) is -0.443. The monoisotopic (exact) mass is 362 g/mol. The van der Waals surface area contributed by atoms with Crippen molar-refractivity contribution < 1.29 is 32.6 Å². The summed E-state index contributed by atoms with van der Waals surface area (Å²) in [6.45, 7) is 0.585. The number of alkyl halides is 3. The number of ether oxygens (including phenoxy) is 1. The van der Waals surface area contributed by atoms with Gasteiger partial charge in [0.25, 0.3) is 0 Å². The van der Waals surface area contributed by atoms with Gasteiger partial charge in [0.2, 0.25) is 0 Å². The molecule has 0 aliphatic heterocycles. The molecule has 8 nitrogen and oxygen atoms in total. The molecule has 0 amide bonds. The first-order valence-electron chi connectivity index (χ1n) is 6.99. The number of aldehydes is 2. The first-order valence-corrected chi connectivity index (χ1v) is 6.99. The summed E-state index contributed by atoms with van der Waals surface area (Å²) in [5.41, 5.74) is 0.764. The largest absolute Gasteiger partial charge is 0.416 e. The predicted molar refractivity (Wildman–Crippen MR) is 79.2 cm³/mol. The van der Waals surface area contributed by atoms with Crippen molar-refractivity contribution in [1.82, 2.24) is 19.6 Å². The third-order valence-electron chi connectivity index (χ3n) is 2.84. The van der Waals surface area contributed by atoms with E-state index in [0.717, 1.165) is 23.4 Å². The van der Waals surface area contributed by atoms with E-state index in [2.05, 4.69) is 10.2 Å². The number of aromatic nitrogens is 4. The lowest BCUT2D eigenvalue weighted by molar-refractivity contribution is -0.208. The zero-order valence-corrected chi connectivity index (χ0v) is 13.3. The highest BCUT2D eigenvalue weighted by molar-refractivity contribution is 5.73. The van der Waals surface area contributed by atoms with Gasteiger partial charge in [-0.15, -0.1) is 0 Å². The predicted octanol–water partition coefficient (Wildman–Crippen LogP) is 0.961. The number of aliphatic hydroxyl groups excluding tert-OH is 1. The van der Waals surface area contributed by atoms with Crippen LogP contribution in [0, 0.1) is 0 Å². The Labute approximate surface area is 140 Å². The second-order valence-electron chi connectivity index (χ2n) is 4.82. The number of hydrogen-bond donors (Lipinski definition) is 1. The van der Waals surface area contributed by atoms with Crippen LogP contribution in [0.15, 0.2) is 24.8 Å². The molecule has 1 unspecified atom stereocenters. The molecule has 2 heterocycles. The number of carbonyl (C=O) groups excluding carboxylic acids is 2. The van der Waals surface area contributed by atoms with E-state index in [-0.39, 0.29) is 5.56 Å². The van der Waals surface area contributed by atoms with Crippen molar-refractivity contribution in [3.63, 3.8) is 0 Å². The number of carbonyl (C=O) groups is 2. The minimum atomic E-state index is -4.67. The van der Waals surface area contributed by atoms with Crippen molar-refractivity contribution in [1.29, 1.82) is 0 Å². The topological polar surface area (TPSA) is 99.2 Å². The molecule has 1 atom stereocenters. The van der Waals surface area contributed by atoms with E-state index >= 15 is 0 Å². The molecule has 0 aliphatic rings. The van der Waals surface area contributed by atoms with Crippen molar-refractivity contribution in [3.8, 4) is 0 Å². The van der Waals surface area contributed by atoms with Gasteiger partial charge in [0.1, 0.15) is 0 Å². The molecule has 2 aromatic heterocycles. The standard InChI is InChI=1S/C7H7F3N2O2.C7H10N2O2/c8-7(9,10)6(14)3-12-2-5(4-13)1-11-12;1-11-3-2-9-5-7(6-10)4-8-9/h1-2,4,6,14H,3H2;4-6H,2-3H2,1H3. The molecule has 138 valence electrons. The summed E-state index contributed by atoms with van der Waals surface area (Å²) in [7, 11) is 1.63. The maximum Gasteiger partial charge on any atom is 0.416 e. The van der Waals surface area contributed by atoms with Gasteiger partial charge in [0.15, 0.2) is 18.7 Å². The lowest BCUT2D eigenvalue weighted by atomic mass is 10.3. The van der Waals surface area contributed by atoms with Gasteiger partial charge in [-0.3, -0.25) is 19.0 Å². The number of aliphatic hydroxyl groups is 1. The van der Waals surface area contributed by atoms with Gasteiger partial charge in [-0.05, 0) is 0 Å². The third-order valence-corrected chi connectivity index (χ3v) is 2.84. The van der Waals surface area contributed by atoms with E-state index in [4.69, 9.17) is 9.84 Å². The molecule has 25 heavy (non-hydrogen) atoms. The average Bonchev–Trinajstić information content (AvgIpc) is 3.21. The molecule has 0 spiro atoms. The van der Waals surface area contributed by atoms with E-state index in [1.165, 1.54) is 6.20 Å². The molecule has 2 aromatic rings. The van der Waals surface area contributed by atoms with Crippen LogP contribution < -0.4 is 0 Å². The molecule has 0 saturated carbocycles. The first-order chi connectivity index (χ1) is 11.8. The van der Waals surface area contributed by atoms with Gasteiger partial charge in [-0.2, -0.15) is 23.4 Å². The van der Waals surface area contributed by atoms with Crippen LogP contribution in [-0.4, -0.2) is 63.2 Å². The fraction of sp³-hybridized carbons (Fsp3) is 0.429. The molecule has 0 aliphatic carbocycles. The van der Waals surface area contributed by atoms with Crippen molar-refractivity contribution in [2.75, 3.05) is 13.7 Å². The highest BCUT2D eigenvalue weighted by atomic mass is 19.4. The highest BCUT2D eigenvalue weighted by Gasteiger charge is 2.38. The number of nitrogens with zero attached hydrogens (tertiary/aromatic N) is 4. The molecule has 0 radical (unpaired) electrons. The minimum Gasteiger partial charge on any atom is -0.383 e. The number of rotatable bonds is 7. The lowest BCUT2D eigenvalue weighted by Gasteiger charge is -2.13. The highest BCUT2D eigenvalue weighted by Crippen LogP contribution is 2.20. The Morgan fingerprint density at radius 1 is 1.16 bits per heavy atom. The van der Waals surface area contributed by atoms with E-state index < -0.39 is 18.8 Å². The molecule has 0 bridgehead atoms. The van der Waals surface area contributed by atoms with Crippen molar-refractivity contribution in [2.45, 2.75) is 25.4 Å². The summed E-state index contributed by atoms with van der Waals surface area (Å²) in [5, 5.41) is 16.0. The molecule has 0 aromatic carbocycles. The normalized spacial score (nSPS) is 12.2. The summed E-state index contributed by atoms with van der Waals surface area (Å²) in [4.78, 5) is 20.4. The first kappa shape index (κ1) is 20.5. The number of hydrogen-bond acceptors (Lipinski definition) is 6. The van der Waals surface area contributed by atoms with Gasteiger partial charge in [0.05, 0.1) is 43.2 Å². The Morgan fingerprint density at radius 3 is 2.12 bits per heavy atom. The smallest absolute Gasteiger partial charge is 0.383 e. The van der Waals surface area contributed by atoms with Crippen LogP contribution in [0.1, 0.15) is 20.7 Å². The average molecular weight is 362 g/mol. The molecule has 0 fully saturated rings.